The predicted molar refractivity (Wildman–Crippen MR) is 111 cm³/mol. The molecule has 0 amide bonds. The first kappa shape index (κ1) is 19.1. The zero-order valence-electron chi connectivity index (χ0n) is 16.8. The summed E-state index contributed by atoms with van der Waals surface area (Å²) in [4.78, 5) is 23.7. The van der Waals surface area contributed by atoms with E-state index in [1.54, 1.807) is 19.2 Å². The lowest BCUT2D eigenvalue weighted by molar-refractivity contribution is -0.591. The van der Waals surface area contributed by atoms with E-state index in [0.717, 1.165) is 4.73 Å². The van der Waals surface area contributed by atoms with Gasteiger partial charge in [-0.3, -0.25) is 9.69 Å². The summed E-state index contributed by atoms with van der Waals surface area (Å²) >= 11 is 0. The summed E-state index contributed by atoms with van der Waals surface area (Å²) in [7, 11) is 1.66. The lowest BCUT2D eigenvalue weighted by atomic mass is 10.1. The van der Waals surface area contributed by atoms with Crippen LogP contribution in [0.15, 0.2) is 35.5 Å². The van der Waals surface area contributed by atoms with Crippen molar-refractivity contribution in [3.63, 3.8) is 0 Å². The molecule has 0 saturated carbocycles. The molecule has 1 N–H and O–H groups in total. The molecule has 0 aliphatic carbocycles. The smallest absolute Gasteiger partial charge is 0.279 e. The molecule has 29 heavy (non-hydrogen) atoms. The second-order valence-electron chi connectivity index (χ2n) is 7.41. The van der Waals surface area contributed by atoms with Crippen LogP contribution < -0.4 is 20.5 Å². The number of fused-ring (bicyclic) bond motifs is 1. The van der Waals surface area contributed by atoms with Gasteiger partial charge in [0.25, 0.3) is 11.4 Å². The minimum atomic E-state index is -0.168. The maximum atomic E-state index is 12.7. The zero-order chi connectivity index (χ0) is 20.5. The quantitative estimate of drug-likeness (QED) is 0.524. The van der Waals surface area contributed by atoms with Crippen LogP contribution in [-0.4, -0.2) is 46.9 Å². The van der Waals surface area contributed by atoms with E-state index in [1.807, 2.05) is 24.8 Å². The number of aromatic nitrogens is 4. The van der Waals surface area contributed by atoms with E-state index < -0.39 is 0 Å². The molecule has 0 atom stereocenters. The standard InChI is InChI=1S/C20H24N6O3/c1-13(2)22-19-18-16(21-12-24(3)20(18)27)10-15(23-19)14-4-5-17(26(28)11-14)25-6-8-29-9-7-25/h4-5,10-13H,6-9H2,1-3H3,(H,22,23). The van der Waals surface area contributed by atoms with Crippen LogP contribution in [0.2, 0.25) is 0 Å². The van der Waals surface area contributed by atoms with Crippen LogP contribution in [-0.2, 0) is 11.8 Å². The van der Waals surface area contributed by atoms with E-state index in [-0.39, 0.29) is 11.6 Å². The molecule has 152 valence electrons. The van der Waals surface area contributed by atoms with Crippen LogP contribution in [0.3, 0.4) is 0 Å². The molecule has 1 aliphatic heterocycles. The first-order valence-corrected chi connectivity index (χ1v) is 9.63. The number of hydrogen-bond acceptors (Lipinski definition) is 7. The van der Waals surface area contributed by atoms with Gasteiger partial charge in [-0.25, -0.2) is 14.7 Å². The molecule has 3 aromatic rings. The largest absolute Gasteiger partial charge is 0.711 e. The summed E-state index contributed by atoms with van der Waals surface area (Å²) in [6.45, 7) is 6.54. The van der Waals surface area contributed by atoms with E-state index in [4.69, 9.17) is 4.74 Å². The maximum absolute atomic E-state index is 12.7. The van der Waals surface area contributed by atoms with Crippen LogP contribution in [0.1, 0.15) is 13.8 Å². The number of nitrogens with zero attached hydrogens (tertiary/aromatic N) is 5. The molecule has 1 aliphatic rings. The van der Waals surface area contributed by atoms with Gasteiger partial charge in [-0.1, -0.05) is 0 Å². The van der Waals surface area contributed by atoms with Crippen molar-refractivity contribution in [3.8, 4) is 11.3 Å². The van der Waals surface area contributed by atoms with E-state index in [2.05, 4.69) is 15.3 Å². The van der Waals surface area contributed by atoms with Crippen molar-refractivity contribution in [3.05, 3.63) is 46.3 Å². The highest BCUT2D eigenvalue weighted by Crippen LogP contribution is 2.25. The van der Waals surface area contributed by atoms with Gasteiger partial charge in [0.05, 0.1) is 30.8 Å². The van der Waals surface area contributed by atoms with Gasteiger partial charge < -0.3 is 19.8 Å². The molecule has 0 radical (unpaired) electrons. The Bertz CT molecular complexity index is 1110. The Kier molecular flexibility index (Phi) is 5.06. The van der Waals surface area contributed by atoms with Gasteiger partial charge in [0.2, 0.25) is 0 Å². The van der Waals surface area contributed by atoms with Gasteiger partial charge >= 0.3 is 0 Å². The number of ether oxygens (including phenoxy) is 1. The number of anilines is 2. The minimum absolute atomic E-state index is 0.0824. The molecular formula is C20H24N6O3. The summed E-state index contributed by atoms with van der Waals surface area (Å²) in [6, 6.07) is 5.49. The molecule has 4 heterocycles. The number of morpholine rings is 1. The zero-order valence-corrected chi connectivity index (χ0v) is 16.8. The number of hydrogen-bond donors (Lipinski definition) is 1. The Balaban J connectivity index is 1.80. The third-order valence-corrected chi connectivity index (χ3v) is 4.85. The van der Waals surface area contributed by atoms with Gasteiger partial charge in [0.1, 0.15) is 30.5 Å². The van der Waals surface area contributed by atoms with Crippen LogP contribution in [0.5, 0.6) is 0 Å². The highest BCUT2D eigenvalue weighted by atomic mass is 16.5. The van der Waals surface area contributed by atoms with Crippen molar-refractivity contribution in [2.24, 2.45) is 7.05 Å². The molecule has 0 unspecified atom stereocenters. The van der Waals surface area contributed by atoms with Gasteiger partial charge in [-0.2, -0.15) is 0 Å². The molecule has 0 spiro atoms. The molecule has 0 aromatic carbocycles. The Labute approximate surface area is 168 Å². The highest BCUT2D eigenvalue weighted by molar-refractivity contribution is 5.91. The topological polar surface area (TPSA) is 99.2 Å². The third-order valence-electron chi connectivity index (χ3n) is 4.85. The average Bonchev–Trinajstić information content (AvgIpc) is 2.70. The fraction of sp³-hybridized carbons (Fsp3) is 0.400. The fourth-order valence-corrected chi connectivity index (χ4v) is 3.41. The van der Waals surface area contributed by atoms with Gasteiger partial charge in [0.15, 0.2) is 0 Å². The summed E-state index contributed by atoms with van der Waals surface area (Å²) in [5.41, 5.74) is 1.61. The molecule has 0 bridgehead atoms. The monoisotopic (exact) mass is 396 g/mol. The Morgan fingerprint density at radius 2 is 2.03 bits per heavy atom. The first-order chi connectivity index (χ1) is 13.9. The maximum Gasteiger partial charge on any atom is 0.279 e. The molecule has 9 nitrogen and oxygen atoms in total. The summed E-state index contributed by atoms with van der Waals surface area (Å²) in [5.74, 6) is 1.06. The Morgan fingerprint density at radius 3 is 2.72 bits per heavy atom. The van der Waals surface area contributed by atoms with E-state index in [0.29, 0.717) is 60.1 Å². The first-order valence-electron chi connectivity index (χ1n) is 9.63. The molecule has 3 aromatic heterocycles. The molecular weight excluding hydrogens is 372 g/mol. The Hall–Kier alpha value is -3.20. The number of rotatable bonds is 4. The SMILES string of the molecule is CC(C)Nc1nc(-c2ccc(N3CCOCC3)[n+]([O-])c2)cc2ncn(C)c(=O)c12. The third kappa shape index (κ3) is 3.73. The summed E-state index contributed by atoms with van der Waals surface area (Å²) in [6.07, 6.45) is 3.00. The Morgan fingerprint density at radius 1 is 1.28 bits per heavy atom. The van der Waals surface area contributed by atoms with Gasteiger partial charge in [-0.15, -0.1) is 0 Å². The van der Waals surface area contributed by atoms with Crippen LogP contribution in [0.4, 0.5) is 11.6 Å². The number of nitrogens with one attached hydrogen (secondary N) is 1. The average molecular weight is 396 g/mol. The second kappa shape index (κ2) is 7.67. The van der Waals surface area contributed by atoms with Crippen molar-refractivity contribution >= 4 is 22.5 Å². The lowest BCUT2D eigenvalue weighted by Crippen LogP contribution is -2.44. The molecule has 4 rings (SSSR count). The molecule has 1 saturated heterocycles. The van der Waals surface area contributed by atoms with Crippen molar-refractivity contribution < 1.29 is 9.47 Å². The van der Waals surface area contributed by atoms with E-state index >= 15 is 0 Å². The lowest BCUT2D eigenvalue weighted by Gasteiger charge is -2.24. The van der Waals surface area contributed by atoms with Crippen molar-refractivity contribution in [1.82, 2.24) is 14.5 Å². The van der Waals surface area contributed by atoms with Crippen LogP contribution in [0.25, 0.3) is 22.2 Å². The van der Waals surface area contributed by atoms with Crippen molar-refractivity contribution in [2.75, 3.05) is 36.5 Å². The van der Waals surface area contributed by atoms with E-state index in [1.165, 1.54) is 17.1 Å². The van der Waals surface area contributed by atoms with E-state index in [9.17, 15) is 10.0 Å². The normalized spacial score (nSPS) is 14.6. The van der Waals surface area contributed by atoms with Gasteiger partial charge in [-0.05, 0) is 26.0 Å². The van der Waals surface area contributed by atoms with Crippen LogP contribution in [0, 0.1) is 5.21 Å². The molecule has 9 heteroatoms. The fourth-order valence-electron chi connectivity index (χ4n) is 3.41. The summed E-state index contributed by atoms with van der Waals surface area (Å²) < 4.78 is 7.64. The van der Waals surface area contributed by atoms with Crippen LogP contribution >= 0.6 is 0 Å². The van der Waals surface area contributed by atoms with Gasteiger partial charge in [0, 0.05) is 24.7 Å². The number of pyridine rings is 2. The minimum Gasteiger partial charge on any atom is -0.711 e. The predicted octanol–water partition coefficient (Wildman–Crippen LogP) is 1.29. The highest BCUT2D eigenvalue weighted by Gasteiger charge is 2.21. The summed E-state index contributed by atoms with van der Waals surface area (Å²) in [5, 5.41) is 16.3. The number of aryl methyl sites for hydroxylation is 1. The second-order valence-corrected chi connectivity index (χ2v) is 7.41. The van der Waals surface area contributed by atoms with Crippen molar-refractivity contribution in [1.29, 1.82) is 0 Å². The molecule has 1 fully saturated rings. The van der Waals surface area contributed by atoms with Crippen molar-refractivity contribution in [2.45, 2.75) is 19.9 Å².